The van der Waals surface area contributed by atoms with Gasteiger partial charge in [-0.2, -0.15) is 0 Å². The van der Waals surface area contributed by atoms with Gasteiger partial charge in [-0.1, -0.05) is 19.1 Å². The fourth-order valence-electron chi connectivity index (χ4n) is 1.76. The average Bonchev–Trinajstić information content (AvgIpc) is 2.58. The third-order valence-corrected chi connectivity index (χ3v) is 2.72. The van der Waals surface area contributed by atoms with Crippen LogP contribution >= 0.6 is 12.2 Å². The predicted molar refractivity (Wildman–Crippen MR) is 62.4 cm³/mol. The van der Waals surface area contributed by atoms with Crippen LogP contribution in [-0.2, 0) is 13.0 Å². The molecule has 0 atom stereocenters. The summed E-state index contributed by atoms with van der Waals surface area (Å²) in [6.07, 6.45) is 3.70. The van der Waals surface area contributed by atoms with E-state index < -0.39 is 0 Å². The molecule has 0 aromatic carbocycles. The lowest BCUT2D eigenvalue weighted by molar-refractivity contribution is 0.695. The molecule has 4 nitrogen and oxygen atoms in total. The second-order valence-electron chi connectivity index (χ2n) is 3.43. The molecule has 0 saturated heterocycles. The zero-order valence-corrected chi connectivity index (χ0v) is 9.77. The molecule has 1 N–H and O–H groups in total. The highest BCUT2D eigenvalue weighted by molar-refractivity contribution is 7.71. The monoisotopic (exact) mass is 222 g/mol. The molecule has 0 radical (unpaired) electrons. The van der Waals surface area contributed by atoms with Crippen LogP contribution in [0.5, 0.6) is 0 Å². The molecule has 2 rings (SSSR count). The van der Waals surface area contributed by atoms with Gasteiger partial charge in [0.2, 0.25) is 0 Å². The highest BCUT2D eigenvalue weighted by Crippen LogP contribution is 2.14. The molecule has 0 aliphatic carbocycles. The van der Waals surface area contributed by atoms with Gasteiger partial charge in [0.15, 0.2) is 4.64 Å². The van der Waals surface area contributed by atoms with E-state index in [-0.39, 0.29) is 0 Å². The van der Waals surface area contributed by atoms with Crippen LogP contribution in [0.4, 0.5) is 0 Å². The molecule has 0 saturated carbocycles. The van der Waals surface area contributed by atoms with Crippen LogP contribution in [0, 0.1) is 4.64 Å². The van der Waals surface area contributed by atoms with Crippen molar-refractivity contribution >= 4 is 23.4 Å². The first-order valence-electron chi connectivity index (χ1n) is 5.20. The maximum Gasteiger partial charge on any atom is 0.157 e. The van der Waals surface area contributed by atoms with Crippen molar-refractivity contribution in [2.75, 3.05) is 0 Å². The number of H-pyrrole nitrogens is 1. The number of hydrogen-bond acceptors (Lipinski definition) is 3. The molecular formula is C10H14N4S. The van der Waals surface area contributed by atoms with Crippen molar-refractivity contribution in [3.05, 3.63) is 16.8 Å². The van der Waals surface area contributed by atoms with Gasteiger partial charge in [0.05, 0.1) is 6.33 Å². The molecular weight excluding hydrogens is 208 g/mol. The van der Waals surface area contributed by atoms with E-state index in [1.165, 1.54) is 0 Å². The van der Waals surface area contributed by atoms with Gasteiger partial charge in [-0.15, -0.1) is 0 Å². The van der Waals surface area contributed by atoms with Crippen LogP contribution in [0.15, 0.2) is 6.33 Å². The molecule has 2 aromatic rings. The Morgan fingerprint density at radius 3 is 2.93 bits per heavy atom. The number of aromatic amines is 1. The Morgan fingerprint density at radius 1 is 1.47 bits per heavy atom. The molecule has 80 valence electrons. The van der Waals surface area contributed by atoms with Gasteiger partial charge < -0.3 is 9.55 Å². The van der Waals surface area contributed by atoms with E-state index in [9.17, 15) is 0 Å². The van der Waals surface area contributed by atoms with Crippen molar-refractivity contribution in [2.45, 2.75) is 33.2 Å². The van der Waals surface area contributed by atoms with Crippen LogP contribution in [0.25, 0.3) is 11.2 Å². The molecule has 2 heterocycles. The van der Waals surface area contributed by atoms with E-state index in [1.807, 2.05) is 0 Å². The first kappa shape index (κ1) is 10.3. The van der Waals surface area contributed by atoms with Crippen LogP contribution in [0.1, 0.15) is 26.1 Å². The van der Waals surface area contributed by atoms with Crippen molar-refractivity contribution in [1.82, 2.24) is 19.5 Å². The average molecular weight is 222 g/mol. The summed E-state index contributed by atoms with van der Waals surface area (Å²) in [5.74, 6) is 1.09. The Hall–Kier alpha value is -1.23. The third-order valence-electron chi connectivity index (χ3n) is 2.42. The highest BCUT2D eigenvalue weighted by atomic mass is 32.1. The summed E-state index contributed by atoms with van der Waals surface area (Å²) in [4.78, 5) is 11.7. The Labute approximate surface area is 93.4 Å². The van der Waals surface area contributed by atoms with Gasteiger partial charge in [-0.25, -0.2) is 9.97 Å². The Bertz CT molecular complexity index is 526. The molecule has 0 aliphatic heterocycles. The maximum atomic E-state index is 5.15. The summed E-state index contributed by atoms with van der Waals surface area (Å²) in [6.45, 7) is 5.16. The SMILES string of the molecule is CCCc1nc2c(=S)nc[nH]c2n1CC. The molecule has 2 aromatic heterocycles. The van der Waals surface area contributed by atoms with Crippen molar-refractivity contribution in [1.29, 1.82) is 0 Å². The van der Waals surface area contributed by atoms with Crippen molar-refractivity contribution in [3.63, 3.8) is 0 Å². The fraction of sp³-hybridized carbons (Fsp3) is 0.500. The maximum absolute atomic E-state index is 5.15. The summed E-state index contributed by atoms with van der Waals surface area (Å²) < 4.78 is 2.74. The molecule has 5 heteroatoms. The van der Waals surface area contributed by atoms with Gasteiger partial charge in [0.1, 0.15) is 17.0 Å². The Kier molecular flexibility index (Phi) is 2.81. The van der Waals surface area contributed by atoms with Crippen LogP contribution in [0.3, 0.4) is 0 Å². The smallest absolute Gasteiger partial charge is 0.157 e. The lowest BCUT2D eigenvalue weighted by Gasteiger charge is -2.03. The number of nitrogens with one attached hydrogen (secondary N) is 1. The zero-order chi connectivity index (χ0) is 10.8. The third kappa shape index (κ3) is 1.67. The van der Waals surface area contributed by atoms with Gasteiger partial charge in [-0.05, 0) is 13.3 Å². The number of aromatic nitrogens is 4. The van der Waals surface area contributed by atoms with Gasteiger partial charge in [0.25, 0.3) is 0 Å². The van der Waals surface area contributed by atoms with Crippen LogP contribution in [-0.4, -0.2) is 19.5 Å². The zero-order valence-electron chi connectivity index (χ0n) is 8.95. The van der Waals surface area contributed by atoms with E-state index in [2.05, 4.69) is 33.4 Å². The molecule has 0 spiro atoms. The lowest BCUT2D eigenvalue weighted by atomic mass is 10.3. The van der Waals surface area contributed by atoms with E-state index in [0.29, 0.717) is 4.64 Å². The molecule has 0 bridgehead atoms. The predicted octanol–water partition coefficient (Wildman–Crippen LogP) is 2.46. The summed E-state index contributed by atoms with van der Waals surface area (Å²) in [7, 11) is 0. The topological polar surface area (TPSA) is 46.5 Å². The van der Waals surface area contributed by atoms with Gasteiger partial charge in [-0.3, -0.25) is 0 Å². The lowest BCUT2D eigenvalue weighted by Crippen LogP contribution is -2.02. The number of fused-ring (bicyclic) bond motifs is 1. The number of hydrogen-bond donors (Lipinski definition) is 1. The van der Waals surface area contributed by atoms with Gasteiger partial charge >= 0.3 is 0 Å². The standard InChI is InChI=1S/C10H14N4S/c1-3-5-7-13-8-9(14(7)4-2)11-6-12-10(8)15/h6H,3-5H2,1-2H3,(H,11,12,15). The van der Waals surface area contributed by atoms with E-state index in [0.717, 1.165) is 36.4 Å². The second-order valence-corrected chi connectivity index (χ2v) is 3.81. The van der Waals surface area contributed by atoms with Crippen molar-refractivity contribution in [3.8, 4) is 0 Å². The Morgan fingerprint density at radius 2 is 2.27 bits per heavy atom. The van der Waals surface area contributed by atoms with E-state index >= 15 is 0 Å². The summed E-state index contributed by atoms with van der Waals surface area (Å²) in [6, 6.07) is 0. The molecule has 0 aliphatic rings. The second kappa shape index (κ2) is 4.10. The normalized spacial score (nSPS) is 11.1. The van der Waals surface area contributed by atoms with Crippen LogP contribution < -0.4 is 0 Å². The molecule has 0 amide bonds. The van der Waals surface area contributed by atoms with E-state index in [1.54, 1.807) is 6.33 Å². The number of aryl methyl sites for hydroxylation is 2. The summed E-state index contributed by atoms with van der Waals surface area (Å²) >= 11 is 5.15. The first-order chi connectivity index (χ1) is 7.27. The first-order valence-corrected chi connectivity index (χ1v) is 5.61. The molecule has 0 unspecified atom stereocenters. The van der Waals surface area contributed by atoms with Gasteiger partial charge in [0, 0.05) is 13.0 Å². The largest absolute Gasteiger partial charge is 0.331 e. The molecule has 15 heavy (non-hydrogen) atoms. The van der Waals surface area contributed by atoms with Crippen molar-refractivity contribution < 1.29 is 0 Å². The highest BCUT2D eigenvalue weighted by Gasteiger charge is 2.09. The molecule has 0 fully saturated rings. The van der Waals surface area contributed by atoms with Crippen molar-refractivity contribution in [2.24, 2.45) is 0 Å². The summed E-state index contributed by atoms with van der Waals surface area (Å²) in [5.41, 5.74) is 1.80. The number of rotatable bonds is 3. The van der Waals surface area contributed by atoms with Crippen LogP contribution in [0.2, 0.25) is 0 Å². The number of nitrogens with zero attached hydrogens (tertiary/aromatic N) is 3. The summed E-state index contributed by atoms with van der Waals surface area (Å²) in [5, 5.41) is 0. The fourth-order valence-corrected chi connectivity index (χ4v) is 1.96. The number of imidazole rings is 1. The quantitative estimate of drug-likeness (QED) is 0.811. The minimum Gasteiger partial charge on any atom is -0.331 e. The minimum atomic E-state index is 0.577. The van der Waals surface area contributed by atoms with E-state index in [4.69, 9.17) is 12.2 Å². The Balaban J connectivity index is 2.73. The minimum absolute atomic E-state index is 0.577.